The number of nitrogens with one attached hydrogen (secondary N) is 1. The van der Waals surface area contributed by atoms with E-state index in [-0.39, 0.29) is 0 Å². The van der Waals surface area contributed by atoms with Crippen LogP contribution in [0, 0.1) is 0 Å². The van der Waals surface area contributed by atoms with E-state index in [2.05, 4.69) is 39.9 Å². The van der Waals surface area contributed by atoms with Gasteiger partial charge in [-0.1, -0.05) is 73.1 Å². The zero-order valence-corrected chi connectivity index (χ0v) is 11.7. The molecule has 0 aliphatic heterocycles. The monoisotopic (exact) mass is 215 g/mol. The highest BCUT2D eigenvalue weighted by Crippen LogP contribution is 2.01. The summed E-state index contributed by atoms with van der Waals surface area (Å²) in [5, 5.41) is 3.42. The van der Waals surface area contributed by atoms with E-state index < -0.39 is 0 Å². The zero-order chi connectivity index (χ0) is 11.9. The first-order chi connectivity index (χ1) is 7.18. The van der Waals surface area contributed by atoms with Crippen LogP contribution in [0.25, 0.3) is 0 Å². The Hall–Kier alpha value is -0.0400. The molecule has 0 aliphatic rings. The van der Waals surface area contributed by atoms with E-state index in [0.717, 1.165) is 0 Å². The molecular weight excluding hydrogens is 182 g/mol. The molecule has 0 aromatic heterocycles. The fraction of sp³-hybridized carbons (Fsp3) is 1.00. The summed E-state index contributed by atoms with van der Waals surface area (Å²) >= 11 is 0. The Labute approximate surface area is 98.0 Å². The van der Waals surface area contributed by atoms with E-state index in [4.69, 9.17) is 0 Å². The van der Waals surface area contributed by atoms with Crippen LogP contribution in [-0.4, -0.2) is 12.6 Å². The Morgan fingerprint density at radius 2 is 1.27 bits per heavy atom. The summed E-state index contributed by atoms with van der Waals surface area (Å²) in [5.74, 6) is 0. The van der Waals surface area contributed by atoms with Gasteiger partial charge >= 0.3 is 0 Å². The molecule has 1 N–H and O–H groups in total. The van der Waals surface area contributed by atoms with E-state index >= 15 is 0 Å². The van der Waals surface area contributed by atoms with Crippen LogP contribution >= 0.6 is 0 Å². The normalized spacial score (nSPS) is 10.0. The molecule has 0 fully saturated rings. The second kappa shape index (κ2) is 16.4. The predicted octanol–water partition coefficient (Wildman–Crippen LogP) is 4.76. The van der Waals surface area contributed by atoms with Gasteiger partial charge in [0.05, 0.1) is 0 Å². The second-order valence-electron chi connectivity index (χ2n) is 4.52. The predicted molar refractivity (Wildman–Crippen MR) is 72.5 cm³/mol. The van der Waals surface area contributed by atoms with Crippen molar-refractivity contribution in [2.75, 3.05) is 6.54 Å². The van der Waals surface area contributed by atoms with Gasteiger partial charge in [-0.2, -0.15) is 0 Å². The Morgan fingerprint density at radius 1 is 0.733 bits per heavy atom. The first kappa shape index (κ1) is 17.4. The largest absolute Gasteiger partial charge is 0.315 e. The molecule has 0 amide bonds. The van der Waals surface area contributed by atoms with Crippen molar-refractivity contribution in [2.24, 2.45) is 0 Å². The van der Waals surface area contributed by atoms with Crippen molar-refractivity contribution in [3.63, 3.8) is 0 Å². The van der Waals surface area contributed by atoms with Crippen LogP contribution in [0.3, 0.4) is 0 Å². The van der Waals surface area contributed by atoms with Gasteiger partial charge in [0.15, 0.2) is 0 Å². The minimum Gasteiger partial charge on any atom is -0.315 e. The Morgan fingerprint density at radius 3 is 1.67 bits per heavy atom. The standard InChI is InChI=1S/C10H23N.C4H10/c1-4-5-6-7-8-9-11-10(2)3;1-3-4-2/h10-11H,4-9H2,1-3H3;3-4H2,1-2H3. The SMILES string of the molecule is CCCC.CCCCCCCNC(C)C. The average molecular weight is 215 g/mol. The van der Waals surface area contributed by atoms with E-state index in [1.165, 1.54) is 51.5 Å². The van der Waals surface area contributed by atoms with E-state index in [0.29, 0.717) is 6.04 Å². The minimum atomic E-state index is 0.654. The summed E-state index contributed by atoms with van der Waals surface area (Å²) in [6.07, 6.45) is 9.54. The highest BCUT2D eigenvalue weighted by Gasteiger charge is 1.91. The molecular formula is C14H33N. The third-order valence-corrected chi connectivity index (χ3v) is 2.33. The van der Waals surface area contributed by atoms with E-state index in [1.807, 2.05) is 0 Å². The van der Waals surface area contributed by atoms with Crippen molar-refractivity contribution in [2.45, 2.75) is 85.6 Å². The van der Waals surface area contributed by atoms with Crippen LogP contribution in [0.1, 0.15) is 79.6 Å². The maximum atomic E-state index is 3.42. The molecule has 0 atom stereocenters. The molecule has 0 saturated carbocycles. The third-order valence-electron chi connectivity index (χ3n) is 2.33. The van der Waals surface area contributed by atoms with Gasteiger partial charge in [-0.15, -0.1) is 0 Å². The summed E-state index contributed by atoms with van der Waals surface area (Å²) in [5.41, 5.74) is 0. The number of rotatable bonds is 8. The molecule has 0 aromatic rings. The van der Waals surface area contributed by atoms with Gasteiger partial charge in [-0.25, -0.2) is 0 Å². The van der Waals surface area contributed by atoms with Crippen LogP contribution in [0.15, 0.2) is 0 Å². The summed E-state index contributed by atoms with van der Waals surface area (Å²) in [6, 6.07) is 0.654. The topological polar surface area (TPSA) is 12.0 Å². The summed E-state index contributed by atoms with van der Waals surface area (Å²) in [6.45, 7) is 12.2. The summed E-state index contributed by atoms with van der Waals surface area (Å²) in [7, 11) is 0. The molecule has 15 heavy (non-hydrogen) atoms. The van der Waals surface area contributed by atoms with Gasteiger partial charge in [-0.3, -0.25) is 0 Å². The lowest BCUT2D eigenvalue weighted by Crippen LogP contribution is -2.23. The quantitative estimate of drug-likeness (QED) is 0.576. The van der Waals surface area contributed by atoms with Gasteiger partial charge < -0.3 is 5.32 Å². The van der Waals surface area contributed by atoms with Crippen molar-refractivity contribution < 1.29 is 0 Å². The van der Waals surface area contributed by atoms with Crippen LogP contribution in [0.2, 0.25) is 0 Å². The van der Waals surface area contributed by atoms with Crippen molar-refractivity contribution >= 4 is 0 Å². The van der Waals surface area contributed by atoms with Gasteiger partial charge in [-0.05, 0) is 13.0 Å². The minimum absolute atomic E-state index is 0.654. The van der Waals surface area contributed by atoms with Crippen molar-refractivity contribution in [3.05, 3.63) is 0 Å². The average Bonchev–Trinajstić information content (AvgIpc) is 2.23. The molecule has 0 aromatic carbocycles. The van der Waals surface area contributed by atoms with Crippen LogP contribution < -0.4 is 5.32 Å². The molecule has 0 aliphatic carbocycles. The second-order valence-corrected chi connectivity index (χ2v) is 4.52. The molecule has 0 saturated heterocycles. The Kier molecular flexibility index (Phi) is 19.0. The first-order valence-corrected chi connectivity index (χ1v) is 6.92. The molecule has 1 heteroatoms. The Balaban J connectivity index is 0. The molecule has 0 bridgehead atoms. The van der Waals surface area contributed by atoms with Crippen molar-refractivity contribution in [1.29, 1.82) is 0 Å². The van der Waals surface area contributed by atoms with Crippen molar-refractivity contribution in [1.82, 2.24) is 5.32 Å². The third kappa shape index (κ3) is 24.9. The summed E-state index contributed by atoms with van der Waals surface area (Å²) in [4.78, 5) is 0. The molecule has 94 valence electrons. The molecule has 0 unspecified atom stereocenters. The lowest BCUT2D eigenvalue weighted by Gasteiger charge is -2.06. The molecule has 0 rings (SSSR count). The molecule has 0 heterocycles. The highest BCUT2D eigenvalue weighted by atomic mass is 14.9. The van der Waals surface area contributed by atoms with E-state index in [1.54, 1.807) is 0 Å². The van der Waals surface area contributed by atoms with Gasteiger partial charge in [0.1, 0.15) is 0 Å². The Bertz CT molecular complexity index is 87.3. The van der Waals surface area contributed by atoms with Gasteiger partial charge in [0.25, 0.3) is 0 Å². The maximum absolute atomic E-state index is 3.42. The molecule has 1 nitrogen and oxygen atoms in total. The van der Waals surface area contributed by atoms with Crippen LogP contribution in [0.4, 0.5) is 0 Å². The zero-order valence-electron chi connectivity index (χ0n) is 11.7. The molecule has 0 spiro atoms. The number of unbranched alkanes of at least 4 members (excludes halogenated alkanes) is 5. The molecule has 0 radical (unpaired) electrons. The lowest BCUT2D eigenvalue weighted by atomic mass is 10.1. The number of hydrogen-bond donors (Lipinski definition) is 1. The first-order valence-electron chi connectivity index (χ1n) is 6.92. The maximum Gasteiger partial charge on any atom is 0.00103 e. The smallest absolute Gasteiger partial charge is 0.00103 e. The van der Waals surface area contributed by atoms with Gasteiger partial charge in [0.2, 0.25) is 0 Å². The van der Waals surface area contributed by atoms with E-state index in [9.17, 15) is 0 Å². The lowest BCUT2D eigenvalue weighted by molar-refractivity contribution is 0.540. The van der Waals surface area contributed by atoms with Crippen LogP contribution in [-0.2, 0) is 0 Å². The van der Waals surface area contributed by atoms with Crippen molar-refractivity contribution in [3.8, 4) is 0 Å². The van der Waals surface area contributed by atoms with Gasteiger partial charge in [0, 0.05) is 6.04 Å². The number of hydrogen-bond acceptors (Lipinski definition) is 1. The fourth-order valence-electron chi connectivity index (χ4n) is 1.12. The van der Waals surface area contributed by atoms with Crippen LogP contribution in [0.5, 0.6) is 0 Å². The summed E-state index contributed by atoms with van der Waals surface area (Å²) < 4.78 is 0. The fourth-order valence-corrected chi connectivity index (χ4v) is 1.12. The highest BCUT2D eigenvalue weighted by molar-refractivity contribution is 4.52.